The van der Waals surface area contributed by atoms with Crippen LogP contribution in [0, 0.1) is 5.92 Å². The third-order valence-electron chi connectivity index (χ3n) is 3.58. The second-order valence-electron chi connectivity index (χ2n) is 5.71. The molecule has 0 aliphatic rings. The molecule has 0 N–H and O–H groups in total. The van der Waals surface area contributed by atoms with Crippen LogP contribution < -0.4 is 0 Å². The van der Waals surface area contributed by atoms with Crippen LogP contribution in [0.25, 0.3) is 0 Å². The molecule has 0 aromatic heterocycles. The average Bonchev–Trinajstić information content (AvgIpc) is 2.55. The van der Waals surface area contributed by atoms with E-state index < -0.39 is 17.5 Å². The summed E-state index contributed by atoms with van der Waals surface area (Å²) in [6.45, 7) is 5.83. The van der Waals surface area contributed by atoms with Gasteiger partial charge < -0.3 is 14.2 Å². The second-order valence-corrected chi connectivity index (χ2v) is 5.71. The number of esters is 2. The minimum absolute atomic E-state index is 0.247. The van der Waals surface area contributed by atoms with E-state index >= 15 is 0 Å². The largest absolute Gasteiger partial charge is 0.467 e. The van der Waals surface area contributed by atoms with Gasteiger partial charge in [0.2, 0.25) is 0 Å². The van der Waals surface area contributed by atoms with Gasteiger partial charge in [-0.1, -0.05) is 44.2 Å². The Morgan fingerprint density at radius 3 is 2.35 bits per heavy atom. The summed E-state index contributed by atoms with van der Waals surface area (Å²) in [6.07, 6.45) is 1.19. The van der Waals surface area contributed by atoms with Crippen molar-refractivity contribution in [2.75, 3.05) is 20.3 Å². The monoisotopic (exact) mass is 322 g/mol. The summed E-state index contributed by atoms with van der Waals surface area (Å²) in [5, 5.41) is 0. The molecule has 0 aliphatic carbocycles. The molecule has 5 heteroatoms. The topological polar surface area (TPSA) is 61.8 Å². The van der Waals surface area contributed by atoms with Gasteiger partial charge in [0.15, 0.2) is 5.60 Å². The molecular formula is C18H26O5. The summed E-state index contributed by atoms with van der Waals surface area (Å²) >= 11 is 0. The molecule has 5 nitrogen and oxygen atoms in total. The van der Waals surface area contributed by atoms with E-state index in [1.807, 2.05) is 30.3 Å². The van der Waals surface area contributed by atoms with E-state index in [0.29, 0.717) is 17.9 Å². The van der Waals surface area contributed by atoms with Crippen LogP contribution in [0.2, 0.25) is 0 Å². The predicted molar refractivity (Wildman–Crippen MR) is 86.8 cm³/mol. The van der Waals surface area contributed by atoms with Crippen LogP contribution >= 0.6 is 0 Å². The summed E-state index contributed by atoms with van der Waals surface area (Å²) in [7, 11) is 1.29. The fourth-order valence-corrected chi connectivity index (χ4v) is 2.27. The molecule has 0 fully saturated rings. The lowest BCUT2D eigenvalue weighted by atomic mass is 9.86. The lowest BCUT2D eigenvalue weighted by Crippen LogP contribution is -2.42. The molecule has 0 aliphatic heterocycles. The molecule has 0 saturated heterocycles. The normalized spacial score (nSPS) is 13.4. The Labute approximate surface area is 137 Å². The van der Waals surface area contributed by atoms with Crippen molar-refractivity contribution in [3.8, 4) is 0 Å². The van der Waals surface area contributed by atoms with E-state index in [2.05, 4.69) is 18.6 Å². The van der Waals surface area contributed by atoms with Gasteiger partial charge >= 0.3 is 11.9 Å². The molecule has 0 radical (unpaired) electrons. The number of carbonyl (C=O) groups is 2. The Morgan fingerprint density at radius 2 is 1.83 bits per heavy atom. The molecule has 0 bridgehead atoms. The van der Waals surface area contributed by atoms with Crippen LogP contribution in [0.5, 0.6) is 0 Å². The first-order valence-corrected chi connectivity index (χ1v) is 7.89. The maximum atomic E-state index is 12.7. The highest BCUT2D eigenvalue weighted by Crippen LogP contribution is 2.34. The van der Waals surface area contributed by atoms with Gasteiger partial charge in [-0.25, -0.2) is 9.59 Å². The molecule has 1 aromatic carbocycles. The van der Waals surface area contributed by atoms with Gasteiger partial charge in [0.05, 0.1) is 13.7 Å². The highest BCUT2D eigenvalue weighted by molar-refractivity contribution is 5.82. The Morgan fingerprint density at radius 1 is 1.17 bits per heavy atom. The van der Waals surface area contributed by atoms with E-state index in [4.69, 9.17) is 9.47 Å². The number of ether oxygens (including phenoxy) is 3. The van der Waals surface area contributed by atoms with Crippen LogP contribution in [-0.2, 0) is 29.4 Å². The zero-order valence-corrected chi connectivity index (χ0v) is 14.3. The SMILES string of the molecule is CCOC(=O)[C@](CCC(C)C)(OCC(=O)OC)c1ccccc1. The molecule has 23 heavy (non-hydrogen) atoms. The molecule has 0 spiro atoms. The molecule has 0 heterocycles. The third kappa shape index (κ3) is 5.36. The molecule has 0 unspecified atom stereocenters. The van der Waals surface area contributed by atoms with Crippen LogP contribution in [-0.4, -0.2) is 32.3 Å². The first-order chi connectivity index (χ1) is 11.0. The van der Waals surface area contributed by atoms with Crippen molar-refractivity contribution in [2.45, 2.75) is 39.2 Å². The first kappa shape index (κ1) is 19.2. The fourth-order valence-electron chi connectivity index (χ4n) is 2.27. The standard InChI is InChI=1S/C18H26O5/c1-5-22-17(20)18(12-11-14(2)3,23-13-16(19)21-4)15-9-7-6-8-10-15/h6-10,14H,5,11-13H2,1-4H3/t18-/m1/s1. The number of hydrogen-bond donors (Lipinski definition) is 0. The maximum absolute atomic E-state index is 12.7. The minimum atomic E-state index is -1.30. The predicted octanol–water partition coefficient (Wildman–Crippen LogP) is 3.07. The minimum Gasteiger partial charge on any atom is -0.467 e. The number of methoxy groups -OCH3 is 1. The molecular weight excluding hydrogens is 296 g/mol. The summed E-state index contributed by atoms with van der Waals surface area (Å²) in [5.41, 5.74) is -0.613. The first-order valence-electron chi connectivity index (χ1n) is 7.89. The van der Waals surface area contributed by atoms with Crippen molar-refractivity contribution < 1.29 is 23.8 Å². The van der Waals surface area contributed by atoms with Gasteiger partial charge in [0, 0.05) is 0 Å². The second kappa shape index (κ2) is 9.30. The molecule has 0 saturated carbocycles. The molecule has 1 atom stereocenters. The van der Waals surface area contributed by atoms with Crippen LogP contribution in [0.1, 0.15) is 39.2 Å². The Bertz CT molecular complexity index is 497. The van der Waals surface area contributed by atoms with E-state index in [9.17, 15) is 9.59 Å². The van der Waals surface area contributed by atoms with E-state index in [-0.39, 0.29) is 13.2 Å². The molecule has 1 rings (SSSR count). The van der Waals surface area contributed by atoms with Gasteiger partial charge in [-0.05, 0) is 31.2 Å². The quantitative estimate of drug-likeness (QED) is 0.654. The lowest BCUT2D eigenvalue weighted by molar-refractivity contribution is -0.181. The highest BCUT2D eigenvalue weighted by Gasteiger charge is 2.43. The number of rotatable bonds is 9. The number of benzene rings is 1. The van der Waals surface area contributed by atoms with Gasteiger partial charge in [0.1, 0.15) is 6.61 Å². The van der Waals surface area contributed by atoms with E-state index in [1.165, 1.54) is 7.11 Å². The fraction of sp³-hybridized carbons (Fsp3) is 0.556. The van der Waals surface area contributed by atoms with Crippen molar-refractivity contribution in [3.05, 3.63) is 35.9 Å². The van der Waals surface area contributed by atoms with Gasteiger partial charge in [0.25, 0.3) is 0 Å². The molecule has 128 valence electrons. The van der Waals surface area contributed by atoms with Gasteiger partial charge in [-0.15, -0.1) is 0 Å². The summed E-state index contributed by atoms with van der Waals surface area (Å²) < 4.78 is 15.7. The zero-order chi connectivity index (χ0) is 17.3. The lowest BCUT2D eigenvalue weighted by Gasteiger charge is -2.32. The van der Waals surface area contributed by atoms with Crippen molar-refractivity contribution >= 4 is 11.9 Å². The third-order valence-corrected chi connectivity index (χ3v) is 3.58. The van der Waals surface area contributed by atoms with Gasteiger partial charge in [-0.3, -0.25) is 0 Å². The maximum Gasteiger partial charge on any atom is 0.343 e. The number of hydrogen-bond acceptors (Lipinski definition) is 5. The van der Waals surface area contributed by atoms with Crippen LogP contribution in [0.3, 0.4) is 0 Å². The average molecular weight is 322 g/mol. The molecule has 1 aromatic rings. The van der Waals surface area contributed by atoms with Crippen molar-refractivity contribution in [3.63, 3.8) is 0 Å². The Kier molecular flexibility index (Phi) is 7.75. The van der Waals surface area contributed by atoms with Crippen molar-refractivity contribution in [1.82, 2.24) is 0 Å². The van der Waals surface area contributed by atoms with E-state index in [0.717, 1.165) is 6.42 Å². The van der Waals surface area contributed by atoms with Crippen LogP contribution in [0.4, 0.5) is 0 Å². The Hall–Kier alpha value is -1.88. The number of carbonyl (C=O) groups excluding carboxylic acids is 2. The van der Waals surface area contributed by atoms with Gasteiger partial charge in [-0.2, -0.15) is 0 Å². The van der Waals surface area contributed by atoms with E-state index in [1.54, 1.807) is 6.92 Å². The molecule has 0 amide bonds. The van der Waals surface area contributed by atoms with Crippen molar-refractivity contribution in [2.24, 2.45) is 5.92 Å². The Balaban J connectivity index is 3.19. The summed E-state index contributed by atoms with van der Waals surface area (Å²) in [6, 6.07) is 9.16. The van der Waals surface area contributed by atoms with Crippen molar-refractivity contribution in [1.29, 1.82) is 0 Å². The summed E-state index contributed by atoms with van der Waals surface area (Å²) in [4.78, 5) is 24.2. The van der Waals surface area contributed by atoms with Crippen LogP contribution in [0.15, 0.2) is 30.3 Å². The summed E-state index contributed by atoms with van der Waals surface area (Å²) in [5.74, 6) is -0.621. The smallest absolute Gasteiger partial charge is 0.343 e. The zero-order valence-electron chi connectivity index (χ0n) is 14.3. The highest BCUT2D eigenvalue weighted by atomic mass is 16.6.